The van der Waals surface area contributed by atoms with E-state index in [2.05, 4.69) is 5.32 Å². The number of carbonyl (C=O) groups is 2. The first-order valence-corrected chi connectivity index (χ1v) is 9.04. The van der Waals surface area contributed by atoms with Crippen molar-refractivity contribution < 1.29 is 19.1 Å². The lowest BCUT2D eigenvalue weighted by Crippen LogP contribution is -2.28. The van der Waals surface area contributed by atoms with E-state index in [1.807, 2.05) is 45.0 Å². The van der Waals surface area contributed by atoms with Gasteiger partial charge in [-0.05, 0) is 63.6 Å². The molecule has 1 atom stereocenters. The molecule has 0 aliphatic carbocycles. The molecule has 0 saturated heterocycles. The van der Waals surface area contributed by atoms with Crippen molar-refractivity contribution in [3.05, 3.63) is 59.2 Å². The van der Waals surface area contributed by atoms with Gasteiger partial charge in [0.1, 0.15) is 11.5 Å². The Kier molecular flexibility index (Phi) is 6.99. The number of rotatable bonds is 8. The molecule has 0 bridgehead atoms. The molecule has 2 aromatic carbocycles. The highest BCUT2D eigenvalue weighted by Crippen LogP contribution is 2.22. The number of amides is 1. The fourth-order valence-corrected chi connectivity index (χ4v) is 2.79. The Morgan fingerprint density at radius 3 is 2.26 bits per heavy atom. The van der Waals surface area contributed by atoms with Crippen LogP contribution in [-0.2, 0) is 11.2 Å². The molecular weight excluding hydrogens is 342 g/mol. The molecule has 0 aliphatic heterocycles. The molecule has 2 rings (SSSR count). The third-order valence-electron chi connectivity index (χ3n) is 4.17. The topological polar surface area (TPSA) is 64.6 Å². The number of methoxy groups -OCH3 is 1. The van der Waals surface area contributed by atoms with E-state index in [4.69, 9.17) is 9.47 Å². The molecule has 27 heavy (non-hydrogen) atoms. The summed E-state index contributed by atoms with van der Waals surface area (Å²) in [4.78, 5) is 24.1. The monoisotopic (exact) mass is 369 g/mol. The molecule has 0 aromatic heterocycles. The van der Waals surface area contributed by atoms with Gasteiger partial charge in [-0.1, -0.05) is 12.1 Å². The lowest BCUT2D eigenvalue weighted by atomic mass is 10.0. The number of ether oxygens (including phenoxy) is 2. The molecule has 1 amide bonds. The molecule has 5 heteroatoms. The van der Waals surface area contributed by atoms with Crippen LogP contribution in [0.5, 0.6) is 11.5 Å². The number of hydrogen-bond donors (Lipinski definition) is 1. The summed E-state index contributed by atoms with van der Waals surface area (Å²) in [5.74, 6) is 1.22. The highest BCUT2D eigenvalue weighted by Gasteiger charge is 2.14. The Labute approximate surface area is 160 Å². The molecule has 5 nitrogen and oxygen atoms in total. The molecule has 0 heterocycles. The lowest BCUT2D eigenvalue weighted by molar-refractivity contribution is -0.121. The van der Waals surface area contributed by atoms with E-state index >= 15 is 0 Å². The van der Waals surface area contributed by atoms with Crippen LogP contribution in [0.3, 0.4) is 0 Å². The van der Waals surface area contributed by atoms with E-state index in [1.54, 1.807) is 25.3 Å². The molecule has 0 fully saturated rings. The van der Waals surface area contributed by atoms with Crippen molar-refractivity contribution in [1.29, 1.82) is 0 Å². The van der Waals surface area contributed by atoms with Crippen LogP contribution in [0.25, 0.3) is 0 Å². The third-order valence-corrected chi connectivity index (χ3v) is 4.17. The van der Waals surface area contributed by atoms with Crippen molar-refractivity contribution in [3.8, 4) is 11.5 Å². The van der Waals surface area contributed by atoms with Crippen molar-refractivity contribution >= 4 is 11.7 Å². The zero-order valence-corrected chi connectivity index (χ0v) is 16.5. The van der Waals surface area contributed by atoms with Gasteiger partial charge in [-0.25, -0.2) is 0 Å². The van der Waals surface area contributed by atoms with Gasteiger partial charge in [-0.3, -0.25) is 9.59 Å². The van der Waals surface area contributed by atoms with Crippen LogP contribution in [0.2, 0.25) is 0 Å². The highest BCUT2D eigenvalue weighted by molar-refractivity contribution is 5.94. The van der Waals surface area contributed by atoms with Crippen LogP contribution in [-0.4, -0.2) is 24.9 Å². The first-order chi connectivity index (χ1) is 12.8. The van der Waals surface area contributed by atoms with Gasteiger partial charge in [0.2, 0.25) is 5.91 Å². The number of carbonyl (C=O) groups excluding carboxylic acids is 2. The van der Waals surface area contributed by atoms with E-state index in [-0.39, 0.29) is 30.3 Å². The van der Waals surface area contributed by atoms with Gasteiger partial charge in [0.25, 0.3) is 0 Å². The summed E-state index contributed by atoms with van der Waals surface area (Å²) in [6, 6.07) is 12.7. The summed E-state index contributed by atoms with van der Waals surface area (Å²) in [5, 5.41) is 2.98. The van der Waals surface area contributed by atoms with Crippen molar-refractivity contribution in [3.63, 3.8) is 0 Å². The summed E-state index contributed by atoms with van der Waals surface area (Å²) in [5.41, 5.74) is 2.24. The molecular formula is C22H27NO4. The zero-order chi connectivity index (χ0) is 20.0. The van der Waals surface area contributed by atoms with Crippen LogP contribution in [0.4, 0.5) is 0 Å². The third kappa shape index (κ3) is 5.84. The van der Waals surface area contributed by atoms with E-state index in [9.17, 15) is 9.59 Å². The first kappa shape index (κ1) is 20.5. The molecule has 0 radical (unpaired) electrons. The average Bonchev–Trinajstić information content (AvgIpc) is 2.61. The van der Waals surface area contributed by atoms with E-state index in [0.29, 0.717) is 16.9 Å². The molecule has 0 spiro atoms. The second-order valence-electron chi connectivity index (χ2n) is 6.78. The fraction of sp³-hybridized carbons (Fsp3) is 0.364. The molecule has 1 N–H and O–H groups in total. The highest BCUT2D eigenvalue weighted by atomic mass is 16.5. The summed E-state index contributed by atoms with van der Waals surface area (Å²) >= 11 is 0. The maximum atomic E-state index is 12.5. The minimum Gasteiger partial charge on any atom is -0.496 e. The lowest BCUT2D eigenvalue weighted by Gasteiger charge is -2.16. The maximum Gasteiger partial charge on any atom is 0.225 e. The van der Waals surface area contributed by atoms with Gasteiger partial charge in [0.05, 0.1) is 25.7 Å². The molecule has 0 aliphatic rings. The van der Waals surface area contributed by atoms with Crippen molar-refractivity contribution in [2.45, 2.75) is 46.3 Å². The largest absolute Gasteiger partial charge is 0.496 e. The SMILES string of the molecule is COc1ccc(C(C)=O)cc1CC(=O)NC(C)c1ccc(OC(C)C)cc1. The van der Waals surface area contributed by atoms with E-state index < -0.39 is 0 Å². The van der Waals surface area contributed by atoms with Crippen molar-refractivity contribution in [2.24, 2.45) is 0 Å². The minimum atomic E-state index is -0.146. The van der Waals surface area contributed by atoms with Crippen molar-refractivity contribution in [1.82, 2.24) is 5.32 Å². The van der Waals surface area contributed by atoms with E-state index in [0.717, 1.165) is 11.3 Å². The summed E-state index contributed by atoms with van der Waals surface area (Å²) in [6.45, 7) is 7.39. The van der Waals surface area contributed by atoms with Crippen molar-refractivity contribution in [2.75, 3.05) is 7.11 Å². The summed E-state index contributed by atoms with van der Waals surface area (Å²) in [6.07, 6.45) is 0.261. The normalized spacial score (nSPS) is 11.8. The predicted octanol–water partition coefficient (Wildman–Crippen LogP) is 4.10. The van der Waals surface area contributed by atoms with Crippen LogP contribution >= 0.6 is 0 Å². The van der Waals surface area contributed by atoms with Gasteiger partial charge in [-0.2, -0.15) is 0 Å². The number of hydrogen-bond acceptors (Lipinski definition) is 4. The maximum absolute atomic E-state index is 12.5. The van der Waals surface area contributed by atoms with Gasteiger partial charge in [0, 0.05) is 11.1 Å². The van der Waals surface area contributed by atoms with E-state index in [1.165, 1.54) is 6.92 Å². The zero-order valence-electron chi connectivity index (χ0n) is 16.5. The Hall–Kier alpha value is -2.82. The number of ketones is 1. The Balaban J connectivity index is 2.04. The van der Waals surface area contributed by atoms with Gasteiger partial charge in [-0.15, -0.1) is 0 Å². The quantitative estimate of drug-likeness (QED) is 0.712. The second-order valence-corrected chi connectivity index (χ2v) is 6.78. The standard InChI is InChI=1S/C22H27NO4/c1-14(2)27-20-9-6-17(7-10-20)15(3)23-22(25)13-19-12-18(16(4)24)8-11-21(19)26-5/h6-12,14-15H,13H2,1-5H3,(H,23,25). The Bertz CT molecular complexity index is 796. The van der Waals surface area contributed by atoms with Gasteiger partial charge < -0.3 is 14.8 Å². The van der Waals surface area contributed by atoms with Gasteiger partial charge in [0.15, 0.2) is 5.78 Å². The first-order valence-electron chi connectivity index (χ1n) is 9.04. The molecule has 0 saturated carbocycles. The van der Waals surface area contributed by atoms with Gasteiger partial charge >= 0.3 is 0 Å². The molecule has 1 unspecified atom stereocenters. The fourth-order valence-electron chi connectivity index (χ4n) is 2.79. The molecule has 144 valence electrons. The minimum absolute atomic E-state index is 0.0450. The average molecular weight is 369 g/mol. The Morgan fingerprint density at radius 2 is 1.70 bits per heavy atom. The summed E-state index contributed by atoms with van der Waals surface area (Å²) < 4.78 is 10.9. The van der Waals surface area contributed by atoms with Crippen LogP contribution in [0.1, 0.15) is 55.2 Å². The molecule has 2 aromatic rings. The number of benzene rings is 2. The Morgan fingerprint density at radius 1 is 1.04 bits per heavy atom. The van der Waals surface area contributed by atoms with Crippen LogP contribution in [0.15, 0.2) is 42.5 Å². The second kappa shape index (κ2) is 9.21. The van der Waals surface area contributed by atoms with Crippen LogP contribution in [0, 0.1) is 0 Å². The summed E-state index contributed by atoms with van der Waals surface area (Å²) in [7, 11) is 1.55. The van der Waals surface area contributed by atoms with Crippen LogP contribution < -0.4 is 14.8 Å². The number of nitrogens with one attached hydrogen (secondary N) is 1. The predicted molar refractivity (Wildman–Crippen MR) is 105 cm³/mol. The smallest absolute Gasteiger partial charge is 0.225 e. The number of Topliss-reactive ketones (excluding diaryl/α,β-unsaturated/α-hetero) is 1.